The van der Waals surface area contributed by atoms with Crippen molar-refractivity contribution in [2.75, 3.05) is 5.32 Å². The molecule has 1 aromatic heterocycles. The normalized spacial score (nSPS) is 11.0. The molecule has 1 heterocycles. The number of nitrogens with zero attached hydrogens (tertiary/aromatic N) is 3. The minimum absolute atomic E-state index is 0.563. The molecule has 0 amide bonds. The fraction of sp³-hybridized carbons (Fsp3) is 0.0625. The van der Waals surface area contributed by atoms with E-state index in [9.17, 15) is 0 Å². The second-order valence-electron chi connectivity index (χ2n) is 4.52. The molecule has 0 saturated heterocycles. The highest BCUT2D eigenvalue weighted by molar-refractivity contribution is 7.15. The molecule has 0 aliphatic heterocycles. The largest absolute Gasteiger partial charge is 0.380 e. The van der Waals surface area contributed by atoms with Crippen LogP contribution in [0.15, 0.2) is 71.0 Å². The third-order valence-corrected chi connectivity index (χ3v) is 4.01. The van der Waals surface area contributed by atoms with Crippen LogP contribution in [0.1, 0.15) is 4.88 Å². The van der Waals surface area contributed by atoms with Crippen LogP contribution in [0.3, 0.4) is 0 Å². The molecule has 3 aromatic rings. The molecule has 0 radical (unpaired) electrons. The van der Waals surface area contributed by atoms with Gasteiger partial charge >= 0.3 is 0 Å². The Morgan fingerprint density at radius 3 is 2.27 bits per heavy atom. The third kappa shape index (κ3) is 4.13. The molecule has 4 nitrogen and oxygen atoms in total. The standard InChI is InChI=1S/C16H13ClN4S/c17-16-19-11-15(22-16)10-18-12-6-8-14(9-7-12)21-20-13-4-2-1-3-5-13/h1-9,11,18H,10H2. The zero-order valence-electron chi connectivity index (χ0n) is 11.6. The van der Waals surface area contributed by atoms with Crippen molar-refractivity contribution in [1.82, 2.24) is 4.98 Å². The van der Waals surface area contributed by atoms with E-state index in [0.717, 1.165) is 21.9 Å². The van der Waals surface area contributed by atoms with Gasteiger partial charge in [-0.15, -0.1) is 11.3 Å². The number of rotatable bonds is 5. The van der Waals surface area contributed by atoms with Gasteiger partial charge in [-0.2, -0.15) is 10.2 Å². The van der Waals surface area contributed by atoms with Crippen LogP contribution < -0.4 is 5.32 Å². The van der Waals surface area contributed by atoms with E-state index in [0.29, 0.717) is 11.0 Å². The Balaban J connectivity index is 1.59. The van der Waals surface area contributed by atoms with Crippen LogP contribution in [0.2, 0.25) is 4.47 Å². The van der Waals surface area contributed by atoms with E-state index in [1.807, 2.05) is 54.6 Å². The molecule has 3 rings (SSSR count). The quantitative estimate of drug-likeness (QED) is 0.599. The van der Waals surface area contributed by atoms with Gasteiger partial charge in [-0.25, -0.2) is 4.98 Å². The van der Waals surface area contributed by atoms with Crippen LogP contribution in [-0.2, 0) is 6.54 Å². The average molecular weight is 329 g/mol. The van der Waals surface area contributed by atoms with Gasteiger partial charge in [-0.1, -0.05) is 29.8 Å². The maximum atomic E-state index is 5.81. The van der Waals surface area contributed by atoms with Crippen molar-refractivity contribution in [1.29, 1.82) is 0 Å². The Morgan fingerprint density at radius 2 is 1.64 bits per heavy atom. The summed E-state index contributed by atoms with van der Waals surface area (Å²) in [4.78, 5) is 5.11. The molecule has 1 N–H and O–H groups in total. The molecule has 6 heteroatoms. The lowest BCUT2D eigenvalue weighted by molar-refractivity contribution is 1.17. The Bertz CT molecular complexity index is 753. The smallest absolute Gasteiger partial charge is 0.183 e. The molecular formula is C16H13ClN4S. The van der Waals surface area contributed by atoms with Crippen molar-refractivity contribution in [2.24, 2.45) is 10.2 Å². The van der Waals surface area contributed by atoms with E-state index in [1.165, 1.54) is 11.3 Å². The first-order valence-electron chi connectivity index (χ1n) is 6.70. The second kappa shape index (κ2) is 7.15. The Kier molecular flexibility index (Phi) is 4.78. The number of nitrogens with one attached hydrogen (secondary N) is 1. The zero-order valence-corrected chi connectivity index (χ0v) is 13.2. The van der Waals surface area contributed by atoms with Crippen LogP contribution in [0.4, 0.5) is 17.1 Å². The Hall–Kier alpha value is -2.24. The summed E-state index contributed by atoms with van der Waals surface area (Å²) in [7, 11) is 0. The Labute approximate surface area is 137 Å². The molecule has 0 unspecified atom stereocenters. The van der Waals surface area contributed by atoms with Crippen molar-refractivity contribution in [3.8, 4) is 0 Å². The lowest BCUT2D eigenvalue weighted by Crippen LogP contribution is -1.96. The minimum Gasteiger partial charge on any atom is -0.380 e. The molecule has 0 bridgehead atoms. The van der Waals surface area contributed by atoms with Crippen LogP contribution >= 0.6 is 22.9 Å². The number of anilines is 1. The number of hydrogen-bond acceptors (Lipinski definition) is 5. The number of benzene rings is 2. The second-order valence-corrected chi connectivity index (χ2v) is 6.21. The lowest BCUT2D eigenvalue weighted by atomic mass is 10.3. The minimum atomic E-state index is 0.563. The topological polar surface area (TPSA) is 49.6 Å². The number of halogens is 1. The molecule has 110 valence electrons. The zero-order chi connectivity index (χ0) is 15.2. The first-order valence-corrected chi connectivity index (χ1v) is 7.90. The fourth-order valence-corrected chi connectivity index (χ4v) is 2.73. The van der Waals surface area contributed by atoms with Crippen molar-refractivity contribution < 1.29 is 0 Å². The molecule has 0 saturated carbocycles. The van der Waals surface area contributed by atoms with Crippen LogP contribution in [-0.4, -0.2) is 4.98 Å². The van der Waals surface area contributed by atoms with Gasteiger partial charge in [-0.3, -0.25) is 0 Å². The van der Waals surface area contributed by atoms with Gasteiger partial charge in [0.2, 0.25) is 0 Å². The average Bonchev–Trinajstić information content (AvgIpc) is 2.98. The van der Waals surface area contributed by atoms with Gasteiger partial charge < -0.3 is 5.32 Å². The van der Waals surface area contributed by atoms with E-state index in [-0.39, 0.29) is 0 Å². The summed E-state index contributed by atoms with van der Waals surface area (Å²) in [6.07, 6.45) is 1.78. The van der Waals surface area contributed by atoms with Gasteiger partial charge in [0.25, 0.3) is 0 Å². The van der Waals surface area contributed by atoms with E-state index in [2.05, 4.69) is 20.5 Å². The van der Waals surface area contributed by atoms with Gasteiger partial charge in [0.05, 0.1) is 17.9 Å². The van der Waals surface area contributed by atoms with Gasteiger partial charge in [0.15, 0.2) is 4.47 Å². The van der Waals surface area contributed by atoms with Crippen molar-refractivity contribution in [3.63, 3.8) is 0 Å². The summed E-state index contributed by atoms with van der Waals surface area (Å²) in [5, 5.41) is 11.7. The third-order valence-electron chi connectivity index (χ3n) is 2.90. The SMILES string of the molecule is Clc1ncc(CNc2ccc(N=Nc3ccccc3)cc2)s1. The predicted octanol–water partition coefficient (Wildman–Crippen LogP) is 5.82. The molecule has 0 fully saturated rings. The maximum absolute atomic E-state index is 5.81. The fourth-order valence-electron chi connectivity index (χ4n) is 1.81. The first-order chi connectivity index (χ1) is 10.8. The monoisotopic (exact) mass is 328 g/mol. The number of aromatic nitrogens is 1. The highest BCUT2D eigenvalue weighted by Gasteiger charge is 1.99. The Morgan fingerprint density at radius 1 is 0.955 bits per heavy atom. The molecule has 22 heavy (non-hydrogen) atoms. The molecule has 0 aliphatic rings. The summed E-state index contributed by atoms with van der Waals surface area (Å²) >= 11 is 7.28. The van der Waals surface area contributed by atoms with Crippen LogP contribution in [0.5, 0.6) is 0 Å². The maximum Gasteiger partial charge on any atom is 0.183 e. The van der Waals surface area contributed by atoms with Crippen LogP contribution in [0, 0.1) is 0 Å². The van der Waals surface area contributed by atoms with E-state index in [4.69, 9.17) is 11.6 Å². The number of azo groups is 1. The summed E-state index contributed by atoms with van der Waals surface area (Å²) < 4.78 is 0.563. The van der Waals surface area contributed by atoms with Gasteiger partial charge in [0, 0.05) is 16.8 Å². The van der Waals surface area contributed by atoms with Crippen molar-refractivity contribution >= 4 is 40.0 Å². The summed E-state index contributed by atoms with van der Waals surface area (Å²) in [5.41, 5.74) is 2.67. The number of hydrogen-bond donors (Lipinski definition) is 1. The summed E-state index contributed by atoms with van der Waals surface area (Å²) in [6.45, 7) is 0.704. The molecule has 0 aliphatic carbocycles. The molecular weight excluding hydrogens is 316 g/mol. The highest BCUT2D eigenvalue weighted by Crippen LogP contribution is 2.22. The van der Waals surface area contributed by atoms with Crippen molar-refractivity contribution in [2.45, 2.75) is 6.54 Å². The van der Waals surface area contributed by atoms with Gasteiger partial charge in [0.1, 0.15) is 0 Å². The van der Waals surface area contributed by atoms with E-state index < -0.39 is 0 Å². The highest BCUT2D eigenvalue weighted by atomic mass is 35.5. The summed E-state index contributed by atoms with van der Waals surface area (Å²) in [6, 6.07) is 17.5. The van der Waals surface area contributed by atoms with E-state index in [1.54, 1.807) is 6.20 Å². The molecule has 0 spiro atoms. The summed E-state index contributed by atoms with van der Waals surface area (Å²) in [5.74, 6) is 0. The molecule has 0 atom stereocenters. The number of thiazole rings is 1. The van der Waals surface area contributed by atoms with Crippen LogP contribution in [0.25, 0.3) is 0 Å². The lowest BCUT2D eigenvalue weighted by Gasteiger charge is -2.04. The first kappa shape index (κ1) is 14.7. The molecule has 2 aromatic carbocycles. The van der Waals surface area contributed by atoms with Crippen molar-refractivity contribution in [3.05, 3.63) is 70.1 Å². The van der Waals surface area contributed by atoms with E-state index >= 15 is 0 Å². The van der Waals surface area contributed by atoms with Gasteiger partial charge in [-0.05, 0) is 36.4 Å². The predicted molar refractivity (Wildman–Crippen MR) is 91.5 cm³/mol.